The first-order chi connectivity index (χ1) is 13.3. The van der Waals surface area contributed by atoms with Crippen LogP contribution in [0.1, 0.15) is 38.4 Å². The van der Waals surface area contributed by atoms with Gasteiger partial charge in [-0.1, -0.05) is 37.6 Å². The molecular formula is C22H19ClN2O3. The van der Waals surface area contributed by atoms with Gasteiger partial charge in [-0.25, -0.2) is 0 Å². The van der Waals surface area contributed by atoms with Gasteiger partial charge in [0.15, 0.2) is 5.78 Å². The van der Waals surface area contributed by atoms with E-state index in [9.17, 15) is 10.1 Å². The lowest BCUT2D eigenvalue weighted by molar-refractivity contribution is -0.119. The van der Waals surface area contributed by atoms with E-state index in [-0.39, 0.29) is 22.7 Å². The minimum Gasteiger partial charge on any atom is -0.460 e. The van der Waals surface area contributed by atoms with Crippen molar-refractivity contribution >= 4 is 17.4 Å². The van der Waals surface area contributed by atoms with E-state index in [1.54, 1.807) is 18.2 Å². The maximum atomic E-state index is 13.0. The van der Waals surface area contributed by atoms with Crippen molar-refractivity contribution in [1.82, 2.24) is 0 Å². The van der Waals surface area contributed by atoms with E-state index < -0.39 is 5.92 Å². The number of allylic oxidation sites excluding steroid dienone is 3. The molecule has 4 rings (SSSR count). The molecule has 1 aromatic heterocycles. The van der Waals surface area contributed by atoms with Gasteiger partial charge in [0.1, 0.15) is 28.9 Å². The molecule has 0 fully saturated rings. The van der Waals surface area contributed by atoms with Crippen LogP contribution in [0, 0.1) is 16.7 Å². The van der Waals surface area contributed by atoms with Crippen LogP contribution in [0.5, 0.6) is 0 Å². The molecule has 1 aliphatic heterocycles. The summed E-state index contributed by atoms with van der Waals surface area (Å²) in [5.74, 6) is 0.860. The molecule has 1 aromatic carbocycles. The number of carbonyl (C=O) groups is 1. The van der Waals surface area contributed by atoms with Crippen LogP contribution in [0.25, 0.3) is 11.3 Å². The zero-order valence-electron chi connectivity index (χ0n) is 15.6. The summed E-state index contributed by atoms with van der Waals surface area (Å²) in [5, 5.41) is 10.2. The molecule has 2 aromatic rings. The van der Waals surface area contributed by atoms with E-state index in [2.05, 4.69) is 6.07 Å². The van der Waals surface area contributed by atoms with E-state index in [0.29, 0.717) is 40.7 Å². The van der Waals surface area contributed by atoms with Gasteiger partial charge in [-0.15, -0.1) is 0 Å². The molecule has 0 saturated heterocycles. The Morgan fingerprint density at radius 1 is 1.21 bits per heavy atom. The van der Waals surface area contributed by atoms with Gasteiger partial charge in [0.05, 0.1) is 10.9 Å². The molecule has 142 valence electrons. The number of carbonyl (C=O) groups excluding carboxylic acids is 1. The largest absolute Gasteiger partial charge is 0.460 e. The fourth-order valence-electron chi connectivity index (χ4n) is 3.88. The SMILES string of the molecule is CC1(C)CC(=O)C2=C(C1)OC(N)=C(C#N)[C@H]2c1ccc(-c2ccccc2Cl)o1. The molecule has 2 N–H and O–H groups in total. The van der Waals surface area contributed by atoms with Gasteiger partial charge in [0.2, 0.25) is 5.88 Å². The Morgan fingerprint density at radius 3 is 2.68 bits per heavy atom. The number of hydrogen-bond acceptors (Lipinski definition) is 5. The summed E-state index contributed by atoms with van der Waals surface area (Å²) in [5.41, 5.74) is 7.19. The maximum Gasteiger partial charge on any atom is 0.205 e. The van der Waals surface area contributed by atoms with Gasteiger partial charge in [-0.3, -0.25) is 4.79 Å². The number of nitrogens with zero attached hydrogens (tertiary/aromatic N) is 1. The van der Waals surface area contributed by atoms with Crippen molar-refractivity contribution in [3.05, 3.63) is 70.0 Å². The maximum absolute atomic E-state index is 13.0. The van der Waals surface area contributed by atoms with Gasteiger partial charge in [-0.05, 0) is 29.7 Å². The lowest BCUT2D eigenvalue weighted by Gasteiger charge is -2.36. The van der Waals surface area contributed by atoms with Crippen molar-refractivity contribution in [3.8, 4) is 17.4 Å². The molecular weight excluding hydrogens is 376 g/mol. The molecule has 0 radical (unpaired) electrons. The van der Waals surface area contributed by atoms with Gasteiger partial charge in [0.25, 0.3) is 0 Å². The van der Waals surface area contributed by atoms with E-state index in [1.807, 2.05) is 32.0 Å². The van der Waals surface area contributed by atoms with Crippen molar-refractivity contribution < 1.29 is 13.9 Å². The highest BCUT2D eigenvalue weighted by atomic mass is 35.5. The number of ether oxygens (including phenoxy) is 1. The third-order valence-electron chi connectivity index (χ3n) is 5.13. The van der Waals surface area contributed by atoms with Crippen LogP contribution < -0.4 is 5.73 Å². The molecule has 5 nitrogen and oxygen atoms in total. The average molecular weight is 395 g/mol. The fourth-order valence-corrected chi connectivity index (χ4v) is 4.11. The van der Waals surface area contributed by atoms with Gasteiger partial charge >= 0.3 is 0 Å². The number of nitriles is 1. The van der Waals surface area contributed by atoms with E-state index in [0.717, 1.165) is 5.56 Å². The highest BCUT2D eigenvalue weighted by Gasteiger charge is 2.44. The average Bonchev–Trinajstić information content (AvgIpc) is 3.09. The minimum atomic E-state index is -0.673. The Bertz CT molecular complexity index is 1090. The van der Waals surface area contributed by atoms with Crippen molar-refractivity contribution in [1.29, 1.82) is 5.26 Å². The second-order valence-electron chi connectivity index (χ2n) is 7.88. The Morgan fingerprint density at radius 2 is 1.96 bits per heavy atom. The summed E-state index contributed by atoms with van der Waals surface area (Å²) in [6.45, 7) is 4.02. The van der Waals surface area contributed by atoms with Crippen LogP contribution in [0.4, 0.5) is 0 Å². The summed E-state index contributed by atoms with van der Waals surface area (Å²) in [6.07, 6.45) is 0.949. The van der Waals surface area contributed by atoms with E-state index in [4.69, 9.17) is 26.5 Å². The third kappa shape index (κ3) is 3.00. The molecule has 0 amide bonds. The summed E-state index contributed by atoms with van der Waals surface area (Å²) < 4.78 is 11.7. The number of nitrogens with two attached hydrogens (primary N) is 1. The van der Waals surface area contributed by atoms with E-state index in [1.165, 1.54) is 0 Å². The highest BCUT2D eigenvalue weighted by Crippen LogP contribution is 2.48. The van der Waals surface area contributed by atoms with Crippen molar-refractivity contribution in [2.75, 3.05) is 0 Å². The van der Waals surface area contributed by atoms with Crippen molar-refractivity contribution in [2.24, 2.45) is 11.1 Å². The summed E-state index contributed by atoms with van der Waals surface area (Å²) >= 11 is 6.27. The molecule has 0 bridgehead atoms. The van der Waals surface area contributed by atoms with Crippen LogP contribution >= 0.6 is 11.6 Å². The first-order valence-corrected chi connectivity index (χ1v) is 9.37. The summed E-state index contributed by atoms with van der Waals surface area (Å²) in [7, 11) is 0. The first kappa shape index (κ1) is 18.4. The van der Waals surface area contributed by atoms with Crippen molar-refractivity contribution in [3.63, 3.8) is 0 Å². The van der Waals surface area contributed by atoms with Crippen LogP contribution in [0.3, 0.4) is 0 Å². The normalized spacial score (nSPS) is 21.2. The number of hydrogen-bond donors (Lipinski definition) is 1. The molecule has 2 aliphatic rings. The highest BCUT2D eigenvalue weighted by molar-refractivity contribution is 6.33. The van der Waals surface area contributed by atoms with Crippen LogP contribution in [-0.2, 0) is 9.53 Å². The van der Waals surface area contributed by atoms with E-state index >= 15 is 0 Å². The minimum absolute atomic E-state index is 0.0208. The molecule has 0 spiro atoms. The van der Waals surface area contributed by atoms with Crippen LogP contribution in [0.2, 0.25) is 5.02 Å². The monoisotopic (exact) mass is 394 g/mol. The predicted molar refractivity (Wildman–Crippen MR) is 105 cm³/mol. The molecule has 0 saturated carbocycles. The van der Waals surface area contributed by atoms with Crippen LogP contribution in [0.15, 0.2) is 63.6 Å². The number of benzene rings is 1. The topological polar surface area (TPSA) is 89.2 Å². The fraction of sp³-hybridized carbons (Fsp3) is 0.273. The number of halogens is 1. The number of rotatable bonds is 2. The molecule has 2 heterocycles. The Labute approximate surface area is 168 Å². The van der Waals surface area contributed by atoms with Gasteiger partial charge in [0, 0.05) is 24.0 Å². The Hall–Kier alpha value is -2.97. The quantitative estimate of drug-likeness (QED) is 0.769. The molecule has 6 heteroatoms. The Kier molecular flexibility index (Phi) is 4.32. The lowest BCUT2D eigenvalue weighted by atomic mass is 9.71. The van der Waals surface area contributed by atoms with Crippen molar-refractivity contribution in [2.45, 2.75) is 32.6 Å². The lowest BCUT2D eigenvalue weighted by Crippen LogP contribution is -2.33. The molecule has 1 atom stereocenters. The predicted octanol–water partition coefficient (Wildman–Crippen LogP) is 5.05. The number of Topliss-reactive ketones (excluding diaryl/α,β-unsaturated/α-hetero) is 1. The second-order valence-corrected chi connectivity index (χ2v) is 8.29. The molecule has 0 unspecified atom stereocenters. The zero-order chi connectivity index (χ0) is 20.1. The molecule has 28 heavy (non-hydrogen) atoms. The number of ketones is 1. The summed E-state index contributed by atoms with van der Waals surface area (Å²) in [6, 6.07) is 13.0. The van der Waals surface area contributed by atoms with Gasteiger partial charge in [-0.2, -0.15) is 5.26 Å². The van der Waals surface area contributed by atoms with Gasteiger partial charge < -0.3 is 14.9 Å². The molecule has 1 aliphatic carbocycles. The second kappa shape index (κ2) is 6.57. The first-order valence-electron chi connectivity index (χ1n) is 8.99. The third-order valence-corrected chi connectivity index (χ3v) is 5.46. The summed E-state index contributed by atoms with van der Waals surface area (Å²) in [4.78, 5) is 13.0. The van der Waals surface area contributed by atoms with Crippen LogP contribution in [-0.4, -0.2) is 5.78 Å². The smallest absolute Gasteiger partial charge is 0.205 e. The standard InChI is InChI=1S/C22H19ClN2O3/c1-22(2)9-15(26)20-18(10-22)28-21(25)13(11-24)19(20)17-8-7-16(27-17)12-5-3-4-6-14(12)23/h3-8,19H,9-10,25H2,1-2H3/t19-/m0/s1. The Balaban J connectivity index is 1.84. The zero-order valence-corrected chi connectivity index (χ0v) is 16.3. The number of furan rings is 1.